The predicted molar refractivity (Wildman–Crippen MR) is 110 cm³/mol. The molecular formula is C20H22F5N3OS. The van der Waals surface area contributed by atoms with Crippen molar-refractivity contribution in [2.75, 3.05) is 12.4 Å². The zero-order valence-electron chi connectivity index (χ0n) is 16.2. The summed E-state index contributed by atoms with van der Waals surface area (Å²) >= 11 is 0. The van der Waals surface area contributed by atoms with E-state index in [0.717, 1.165) is 24.3 Å². The van der Waals surface area contributed by atoms with Crippen molar-refractivity contribution in [3.63, 3.8) is 0 Å². The van der Waals surface area contributed by atoms with Crippen LogP contribution in [0, 0.1) is 0 Å². The van der Waals surface area contributed by atoms with Gasteiger partial charge in [-0.3, -0.25) is 4.68 Å². The molecule has 0 aliphatic heterocycles. The van der Waals surface area contributed by atoms with Gasteiger partial charge in [0.2, 0.25) is 0 Å². The maximum Gasteiger partial charge on any atom is 0.416 e. The van der Waals surface area contributed by atoms with Gasteiger partial charge in [0, 0.05) is 18.1 Å². The Hall–Kier alpha value is -2.33. The number of aliphatic hydroxyl groups excluding tert-OH is 1. The Balaban J connectivity index is 0.00000320. The molecule has 2 atom stereocenters. The first kappa shape index (κ1) is 23.9. The molecule has 0 saturated heterocycles. The van der Waals surface area contributed by atoms with Crippen molar-refractivity contribution in [2.24, 2.45) is 0 Å². The predicted octanol–water partition coefficient (Wildman–Crippen LogP) is 4.99. The number of halogens is 5. The van der Waals surface area contributed by atoms with Crippen LogP contribution in [0.15, 0.2) is 48.7 Å². The average Bonchev–Trinajstić information content (AvgIpc) is 3.13. The highest BCUT2D eigenvalue weighted by Crippen LogP contribution is 2.40. The Morgan fingerprint density at radius 2 is 1.67 bits per heavy atom. The second kappa shape index (κ2) is 8.81. The minimum Gasteiger partial charge on any atom is -0.388 e. The largest absolute Gasteiger partial charge is 0.416 e. The van der Waals surface area contributed by atoms with Crippen LogP contribution >= 0.6 is 13.5 Å². The van der Waals surface area contributed by atoms with E-state index in [0.29, 0.717) is 16.6 Å². The standard InChI is InChI=1S/C20H20F5N3O.H2S/c1-3-19(17(29)18(21)22,12-7-9-13(10-8-12)20(23,24)25)28-16-6-4-5-15(26-2)14(16)11-27-28;/h4-11,17-18,26,29H,3H2,1-2H3;1H2. The molecule has 3 aromatic rings. The van der Waals surface area contributed by atoms with Crippen LogP contribution in [-0.4, -0.2) is 34.5 Å². The lowest BCUT2D eigenvalue weighted by Crippen LogP contribution is -2.49. The summed E-state index contributed by atoms with van der Waals surface area (Å²) in [7, 11) is 1.70. The van der Waals surface area contributed by atoms with Crippen molar-refractivity contribution in [3.05, 3.63) is 59.8 Å². The normalized spacial score (nSPS) is 15.0. The fraction of sp³-hybridized carbons (Fsp3) is 0.350. The molecule has 2 N–H and O–H groups in total. The highest BCUT2D eigenvalue weighted by atomic mass is 32.1. The molecule has 164 valence electrons. The molecule has 0 aliphatic carbocycles. The fourth-order valence-electron chi connectivity index (χ4n) is 3.72. The molecule has 0 fully saturated rings. The second-order valence-electron chi connectivity index (χ2n) is 6.68. The smallest absolute Gasteiger partial charge is 0.388 e. The number of benzene rings is 2. The van der Waals surface area contributed by atoms with Gasteiger partial charge in [0.15, 0.2) is 0 Å². The molecule has 0 aliphatic rings. The summed E-state index contributed by atoms with van der Waals surface area (Å²) in [5.41, 5.74) is -1.37. The van der Waals surface area contributed by atoms with Crippen LogP contribution in [0.5, 0.6) is 0 Å². The molecule has 0 bridgehead atoms. The zero-order valence-corrected chi connectivity index (χ0v) is 17.2. The molecule has 0 amide bonds. The number of aliphatic hydroxyl groups is 1. The number of nitrogens with one attached hydrogen (secondary N) is 1. The number of nitrogens with zero attached hydrogens (tertiary/aromatic N) is 2. The van der Waals surface area contributed by atoms with Gasteiger partial charge in [-0.1, -0.05) is 25.1 Å². The summed E-state index contributed by atoms with van der Waals surface area (Å²) < 4.78 is 67.6. The summed E-state index contributed by atoms with van der Waals surface area (Å²) in [4.78, 5) is 0. The Labute approximate surface area is 177 Å². The van der Waals surface area contributed by atoms with Crippen LogP contribution in [-0.2, 0) is 11.7 Å². The van der Waals surface area contributed by atoms with E-state index in [1.165, 1.54) is 10.9 Å². The molecule has 0 saturated carbocycles. The number of aromatic nitrogens is 2. The SMILES string of the molecule is CCC(c1ccc(C(F)(F)F)cc1)(C(O)C(F)F)n1ncc2c(NC)cccc21.S. The van der Waals surface area contributed by atoms with E-state index in [9.17, 15) is 27.1 Å². The summed E-state index contributed by atoms with van der Waals surface area (Å²) in [5, 5.41) is 18.4. The zero-order chi connectivity index (χ0) is 21.4. The molecule has 10 heteroatoms. The fourth-order valence-corrected chi connectivity index (χ4v) is 3.72. The van der Waals surface area contributed by atoms with Gasteiger partial charge in [-0.15, -0.1) is 0 Å². The number of anilines is 1. The number of hydrogen-bond acceptors (Lipinski definition) is 3. The molecule has 4 nitrogen and oxygen atoms in total. The van der Waals surface area contributed by atoms with Crippen molar-refractivity contribution in [1.82, 2.24) is 9.78 Å². The van der Waals surface area contributed by atoms with Crippen LogP contribution in [0.2, 0.25) is 0 Å². The summed E-state index contributed by atoms with van der Waals surface area (Å²) in [5.74, 6) is 0. The maximum atomic E-state index is 13.7. The van der Waals surface area contributed by atoms with Gasteiger partial charge >= 0.3 is 6.18 Å². The summed E-state index contributed by atoms with van der Waals surface area (Å²) in [6.07, 6.45) is -8.43. The maximum absolute atomic E-state index is 13.7. The van der Waals surface area contributed by atoms with Crippen LogP contribution < -0.4 is 5.32 Å². The first-order valence-electron chi connectivity index (χ1n) is 8.95. The van der Waals surface area contributed by atoms with Gasteiger partial charge in [0.05, 0.1) is 17.3 Å². The van der Waals surface area contributed by atoms with E-state index in [-0.39, 0.29) is 25.5 Å². The highest BCUT2D eigenvalue weighted by Gasteiger charge is 2.46. The van der Waals surface area contributed by atoms with Gasteiger partial charge < -0.3 is 10.4 Å². The highest BCUT2D eigenvalue weighted by molar-refractivity contribution is 7.59. The molecule has 0 spiro atoms. The van der Waals surface area contributed by atoms with Crippen molar-refractivity contribution >= 4 is 30.1 Å². The third kappa shape index (κ3) is 3.85. The van der Waals surface area contributed by atoms with Crippen molar-refractivity contribution < 1.29 is 27.1 Å². The quantitative estimate of drug-likeness (QED) is 0.524. The van der Waals surface area contributed by atoms with E-state index in [4.69, 9.17) is 0 Å². The van der Waals surface area contributed by atoms with Crippen LogP contribution in [0.3, 0.4) is 0 Å². The number of hydrogen-bond donors (Lipinski definition) is 2. The van der Waals surface area contributed by atoms with Gasteiger partial charge in [0.1, 0.15) is 11.6 Å². The monoisotopic (exact) mass is 447 g/mol. The Morgan fingerprint density at radius 3 is 2.17 bits per heavy atom. The first-order chi connectivity index (χ1) is 13.7. The van der Waals surface area contributed by atoms with Crippen molar-refractivity contribution in [3.8, 4) is 0 Å². The Bertz CT molecular complexity index is 990. The summed E-state index contributed by atoms with van der Waals surface area (Å²) in [6.45, 7) is 1.58. The Morgan fingerprint density at radius 1 is 1.07 bits per heavy atom. The Kier molecular flexibility index (Phi) is 7.03. The first-order valence-corrected chi connectivity index (χ1v) is 8.95. The molecule has 2 unspecified atom stereocenters. The van der Waals surface area contributed by atoms with Crippen LogP contribution in [0.25, 0.3) is 10.9 Å². The molecule has 2 aromatic carbocycles. The third-order valence-corrected chi connectivity index (χ3v) is 5.24. The second-order valence-corrected chi connectivity index (χ2v) is 6.68. The van der Waals surface area contributed by atoms with Crippen molar-refractivity contribution in [1.29, 1.82) is 0 Å². The summed E-state index contributed by atoms with van der Waals surface area (Å²) in [6, 6.07) is 9.03. The van der Waals surface area contributed by atoms with Crippen LogP contribution in [0.1, 0.15) is 24.5 Å². The lowest BCUT2D eigenvalue weighted by atomic mass is 9.81. The van der Waals surface area contributed by atoms with Gasteiger partial charge in [-0.2, -0.15) is 31.8 Å². The molecule has 1 heterocycles. The topological polar surface area (TPSA) is 50.1 Å². The molecule has 3 rings (SSSR count). The van der Waals surface area contributed by atoms with Gasteiger partial charge in [-0.05, 0) is 36.2 Å². The number of rotatable bonds is 6. The van der Waals surface area contributed by atoms with E-state index >= 15 is 0 Å². The lowest BCUT2D eigenvalue weighted by molar-refractivity contribution is -0.137. The lowest BCUT2D eigenvalue weighted by Gasteiger charge is -2.38. The number of alkyl halides is 5. The minimum absolute atomic E-state index is 0. The number of fused-ring (bicyclic) bond motifs is 1. The molecular weight excluding hydrogens is 425 g/mol. The van der Waals surface area contributed by atoms with E-state index in [2.05, 4.69) is 10.4 Å². The van der Waals surface area contributed by atoms with Gasteiger partial charge in [-0.25, -0.2) is 8.78 Å². The van der Waals surface area contributed by atoms with Crippen molar-refractivity contribution in [2.45, 2.75) is 37.6 Å². The molecule has 30 heavy (non-hydrogen) atoms. The van der Waals surface area contributed by atoms with E-state index in [1.54, 1.807) is 32.2 Å². The molecule has 1 aromatic heterocycles. The van der Waals surface area contributed by atoms with Crippen LogP contribution in [0.4, 0.5) is 27.6 Å². The molecule has 0 radical (unpaired) electrons. The third-order valence-electron chi connectivity index (χ3n) is 5.24. The van der Waals surface area contributed by atoms with Gasteiger partial charge in [0.25, 0.3) is 6.43 Å². The minimum atomic E-state index is -4.56. The average molecular weight is 447 g/mol. The van der Waals surface area contributed by atoms with E-state index < -0.39 is 29.8 Å². The van der Waals surface area contributed by atoms with E-state index in [1.807, 2.05) is 0 Å².